The molecule has 0 fully saturated rings. The second-order valence-corrected chi connectivity index (χ2v) is 4.88. The van der Waals surface area contributed by atoms with Crippen LogP contribution in [-0.2, 0) is 6.54 Å². The molecule has 0 aliphatic heterocycles. The molecule has 2 rings (SSSR count). The van der Waals surface area contributed by atoms with Crippen molar-refractivity contribution in [1.29, 1.82) is 0 Å². The lowest BCUT2D eigenvalue weighted by Crippen LogP contribution is -2.06. The number of halogens is 1. The van der Waals surface area contributed by atoms with Crippen molar-refractivity contribution in [2.45, 2.75) is 13.5 Å². The van der Waals surface area contributed by atoms with E-state index in [1.54, 1.807) is 6.20 Å². The summed E-state index contributed by atoms with van der Waals surface area (Å²) in [6.45, 7) is 2.77. The summed E-state index contributed by atoms with van der Waals surface area (Å²) in [5.74, 6) is 1.63. The standard InChI is InChI=1S/C14H15BrN2O/c1-10-7-12(3-4-14(10)15)18-13-5-6-17-11(8-13)9-16-2/h3-8,16H,9H2,1-2H3. The van der Waals surface area contributed by atoms with Crippen molar-refractivity contribution >= 4 is 15.9 Å². The predicted molar refractivity (Wildman–Crippen MR) is 76.0 cm³/mol. The summed E-state index contributed by atoms with van der Waals surface area (Å²) in [5, 5.41) is 3.07. The predicted octanol–water partition coefficient (Wildman–Crippen LogP) is 3.66. The maximum absolute atomic E-state index is 5.81. The number of aromatic nitrogens is 1. The fourth-order valence-corrected chi connectivity index (χ4v) is 1.86. The molecule has 0 bridgehead atoms. The number of aryl methyl sites for hydroxylation is 1. The minimum atomic E-state index is 0.733. The molecular formula is C14H15BrN2O. The molecule has 18 heavy (non-hydrogen) atoms. The van der Waals surface area contributed by atoms with Crippen LogP contribution in [0.1, 0.15) is 11.3 Å². The summed E-state index contributed by atoms with van der Waals surface area (Å²) in [6.07, 6.45) is 1.76. The monoisotopic (exact) mass is 306 g/mol. The molecule has 2 aromatic rings. The van der Waals surface area contributed by atoms with Gasteiger partial charge in [-0.25, -0.2) is 0 Å². The van der Waals surface area contributed by atoms with Gasteiger partial charge in [0, 0.05) is 23.3 Å². The Morgan fingerprint density at radius 2 is 2.00 bits per heavy atom. The Bertz CT molecular complexity index is 543. The first-order chi connectivity index (χ1) is 8.69. The van der Waals surface area contributed by atoms with E-state index in [9.17, 15) is 0 Å². The Morgan fingerprint density at radius 3 is 2.72 bits per heavy atom. The summed E-state index contributed by atoms with van der Waals surface area (Å²) in [7, 11) is 1.90. The van der Waals surface area contributed by atoms with Gasteiger partial charge in [0.25, 0.3) is 0 Å². The molecule has 0 radical (unpaired) electrons. The Morgan fingerprint density at radius 1 is 1.22 bits per heavy atom. The number of pyridine rings is 1. The van der Waals surface area contributed by atoms with Gasteiger partial charge < -0.3 is 10.1 Å². The Labute approximate surface area is 115 Å². The zero-order valence-electron chi connectivity index (χ0n) is 10.4. The van der Waals surface area contributed by atoms with Crippen molar-refractivity contribution in [2.75, 3.05) is 7.05 Å². The summed E-state index contributed by atoms with van der Waals surface area (Å²) < 4.78 is 6.90. The summed E-state index contributed by atoms with van der Waals surface area (Å²) >= 11 is 3.47. The molecule has 94 valence electrons. The molecule has 0 aliphatic carbocycles. The quantitative estimate of drug-likeness (QED) is 0.936. The van der Waals surface area contributed by atoms with Gasteiger partial charge in [-0.15, -0.1) is 0 Å². The van der Waals surface area contributed by atoms with Crippen LogP contribution in [0.25, 0.3) is 0 Å². The highest BCUT2D eigenvalue weighted by molar-refractivity contribution is 9.10. The molecule has 0 saturated carbocycles. The molecule has 1 N–H and O–H groups in total. The SMILES string of the molecule is CNCc1cc(Oc2ccc(Br)c(C)c2)ccn1. The molecule has 1 aromatic heterocycles. The second kappa shape index (κ2) is 5.98. The molecule has 1 aromatic carbocycles. The van der Waals surface area contributed by atoms with E-state index in [1.165, 1.54) is 0 Å². The zero-order valence-corrected chi connectivity index (χ0v) is 12.0. The first-order valence-corrected chi connectivity index (χ1v) is 6.52. The number of hydrogen-bond acceptors (Lipinski definition) is 3. The van der Waals surface area contributed by atoms with E-state index in [1.807, 2.05) is 44.3 Å². The van der Waals surface area contributed by atoms with Gasteiger partial charge >= 0.3 is 0 Å². The third-order valence-corrected chi connectivity index (χ3v) is 3.40. The van der Waals surface area contributed by atoms with Gasteiger partial charge in [0.2, 0.25) is 0 Å². The van der Waals surface area contributed by atoms with E-state index in [4.69, 9.17) is 4.74 Å². The van der Waals surface area contributed by atoms with E-state index in [0.717, 1.165) is 33.8 Å². The minimum absolute atomic E-state index is 0.733. The first kappa shape index (κ1) is 13.1. The van der Waals surface area contributed by atoms with Gasteiger partial charge in [-0.2, -0.15) is 0 Å². The highest BCUT2D eigenvalue weighted by Gasteiger charge is 2.02. The average molecular weight is 307 g/mol. The van der Waals surface area contributed by atoms with Gasteiger partial charge in [0.1, 0.15) is 11.5 Å². The van der Waals surface area contributed by atoms with Crippen molar-refractivity contribution in [1.82, 2.24) is 10.3 Å². The largest absolute Gasteiger partial charge is 0.457 e. The molecule has 0 amide bonds. The van der Waals surface area contributed by atoms with Gasteiger partial charge in [0.05, 0.1) is 5.69 Å². The maximum Gasteiger partial charge on any atom is 0.130 e. The fourth-order valence-electron chi connectivity index (χ4n) is 1.61. The molecule has 0 aliphatic rings. The van der Waals surface area contributed by atoms with Crippen molar-refractivity contribution in [2.24, 2.45) is 0 Å². The average Bonchev–Trinajstić information content (AvgIpc) is 2.35. The Hall–Kier alpha value is -1.39. The molecule has 4 heteroatoms. The summed E-state index contributed by atoms with van der Waals surface area (Å²) in [6, 6.07) is 9.72. The number of hydrogen-bond donors (Lipinski definition) is 1. The number of rotatable bonds is 4. The molecule has 0 spiro atoms. The van der Waals surface area contributed by atoms with Crippen molar-refractivity contribution in [3.63, 3.8) is 0 Å². The van der Waals surface area contributed by atoms with E-state index in [2.05, 4.69) is 26.2 Å². The Kier molecular flexibility index (Phi) is 4.33. The highest BCUT2D eigenvalue weighted by Crippen LogP contribution is 2.26. The smallest absolute Gasteiger partial charge is 0.130 e. The van der Waals surface area contributed by atoms with Crippen molar-refractivity contribution in [3.8, 4) is 11.5 Å². The highest BCUT2D eigenvalue weighted by atomic mass is 79.9. The van der Waals surface area contributed by atoms with Gasteiger partial charge in [-0.1, -0.05) is 15.9 Å². The third-order valence-electron chi connectivity index (χ3n) is 2.51. The first-order valence-electron chi connectivity index (χ1n) is 5.72. The lowest BCUT2D eigenvalue weighted by molar-refractivity contribution is 0.480. The zero-order chi connectivity index (χ0) is 13.0. The number of ether oxygens (including phenoxy) is 1. The van der Waals surface area contributed by atoms with E-state index < -0.39 is 0 Å². The molecule has 3 nitrogen and oxygen atoms in total. The molecule has 0 saturated heterocycles. The minimum Gasteiger partial charge on any atom is -0.457 e. The van der Waals surface area contributed by atoms with Crippen molar-refractivity contribution in [3.05, 3.63) is 52.3 Å². The van der Waals surface area contributed by atoms with Crippen LogP contribution >= 0.6 is 15.9 Å². The van der Waals surface area contributed by atoms with Crippen LogP contribution in [0.5, 0.6) is 11.5 Å². The molecule has 1 heterocycles. The van der Waals surface area contributed by atoms with Crippen LogP contribution in [0.3, 0.4) is 0 Å². The Balaban J connectivity index is 2.17. The van der Waals surface area contributed by atoms with Gasteiger partial charge in [0.15, 0.2) is 0 Å². The van der Waals surface area contributed by atoms with E-state index in [-0.39, 0.29) is 0 Å². The molecule has 0 unspecified atom stereocenters. The molecule has 0 atom stereocenters. The van der Waals surface area contributed by atoms with Crippen LogP contribution in [0.4, 0.5) is 0 Å². The van der Waals surface area contributed by atoms with E-state index >= 15 is 0 Å². The maximum atomic E-state index is 5.81. The second-order valence-electron chi connectivity index (χ2n) is 4.03. The van der Waals surface area contributed by atoms with Crippen LogP contribution in [0.2, 0.25) is 0 Å². The van der Waals surface area contributed by atoms with Crippen LogP contribution < -0.4 is 10.1 Å². The number of nitrogens with zero attached hydrogens (tertiary/aromatic N) is 1. The van der Waals surface area contributed by atoms with Crippen LogP contribution in [-0.4, -0.2) is 12.0 Å². The topological polar surface area (TPSA) is 34.1 Å². The molecular weight excluding hydrogens is 292 g/mol. The van der Waals surface area contributed by atoms with E-state index in [0.29, 0.717) is 0 Å². The summed E-state index contributed by atoms with van der Waals surface area (Å²) in [4.78, 5) is 4.25. The van der Waals surface area contributed by atoms with Crippen molar-refractivity contribution < 1.29 is 4.74 Å². The summed E-state index contributed by atoms with van der Waals surface area (Å²) in [5.41, 5.74) is 2.11. The van der Waals surface area contributed by atoms with Gasteiger partial charge in [-0.3, -0.25) is 4.98 Å². The van der Waals surface area contributed by atoms with Crippen LogP contribution in [0, 0.1) is 6.92 Å². The third kappa shape index (κ3) is 3.31. The lowest BCUT2D eigenvalue weighted by atomic mass is 10.2. The fraction of sp³-hybridized carbons (Fsp3) is 0.214. The van der Waals surface area contributed by atoms with Gasteiger partial charge in [-0.05, 0) is 43.8 Å². The number of nitrogens with one attached hydrogen (secondary N) is 1. The van der Waals surface area contributed by atoms with Crippen LogP contribution in [0.15, 0.2) is 41.0 Å². The normalized spacial score (nSPS) is 10.4. The number of benzene rings is 1. The lowest BCUT2D eigenvalue weighted by Gasteiger charge is -2.08.